The highest BCUT2D eigenvalue weighted by Gasteiger charge is 2.34. The molecule has 0 radical (unpaired) electrons. The van der Waals surface area contributed by atoms with Gasteiger partial charge in [0.05, 0.1) is 13.7 Å². The number of imide groups is 1. The molecule has 1 saturated heterocycles. The van der Waals surface area contributed by atoms with E-state index in [1.54, 1.807) is 6.08 Å². The Labute approximate surface area is 162 Å². The van der Waals surface area contributed by atoms with E-state index in [-0.39, 0.29) is 18.0 Å². The molecule has 1 aliphatic heterocycles. The van der Waals surface area contributed by atoms with Gasteiger partial charge in [0.2, 0.25) is 5.76 Å². The van der Waals surface area contributed by atoms with E-state index in [0.29, 0.717) is 11.8 Å². The van der Waals surface area contributed by atoms with E-state index in [1.807, 2.05) is 19.9 Å². The fourth-order valence-electron chi connectivity index (χ4n) is 3.44. The molecule has 8 heteroatoms. The molecule has 3 heterocycles. The van der Waals surface area contributed by atoms with Gasteiger partial charge in [0.1, 0.15) is 11.5 Å². The second-order valence-electron chi connectivity index (χ2n) is 6.93. The smallest absolute Gasteiger partial charge is 0.373 e. The molecule has 28 heavy (non-hydrogen) atoms. The number of rotatable bonds is 5. The van der Waals surface area contributed by atoms with Crippen molar-refractivity contribution in [2.75, 3.05) is 7.11 Å². The minimum Gasteiger partial charge on any atom is -0.463 e. The number of carbonyl (C=O) groups excluding carboxylic acids is 3. The Balaban J connectivity index is 1.82. The highest BCUT2D eigenvalue weighted by atomic mass is 16.5. The number of esters is 1. The van der Waals surface area contributed by atoms with Crippen molar-refractivity contribution in [1.82, 2.24) is 14.8 Å². The number of nitrogens with one attached hydrogen (secondary N) is 1. The van der Waals surface area contributed by atoms with Crippen molar-refractivity contribution in [3.05, 3.63) is 52.4 Å². The summed E-state index contributed by atoms with van der Waals surface area (Å²) in [6.45, 7) is 8.09. The van der Waals surface area contributed by atoms with Gasteiger partial charge in [-0.3, -0.25) is 9.69 Å². The van der Waals surface area contributed by atoms with Gasteiger partial charge in [-0.2, -0.15) is 0 Å². The summed E-state index contributed by atoms with van der Waals surface area (Å²) in [6, 6.07) is 4.71. The molecule has 0 spiro atoms. The van der Waals surface area contributed by atoms with Crippen molar-refractivity contribution in [2.24, 2.45) is 0 Å². The van der Waals surface area contributed by atoms with Gasteiger partial charge < -0.3 is 19.0 Å². The molecule has 0 saturated carbocycles. The van der Waals surface area contributed by atoms with E-state index in [2.05, 4.69) is 28.5 Å². The summed E-state index contributed by atoms with van der Waals surface area (Å²) in [5, 5.41) is 2.60. The molecule has 1 N–H and O–H groups in total. The Kier molecular flexibility index (Phi) is 5.13. The van der Waals surface area contributed by atoms with E-state index in [0.717, 1.165) is 21.9 Å². The molecule has 0 aliphatic carbocycles. The van der Waals surface area contributed by atoms with Gasteiger partial charge >= 0.3 is 12.0 Å². The summed E-state index contributed by atoms with van der Waals surface area (Å²) in [5.41, 5.74) is 3.18. The summed E-state index contributed by atoms with van der Waals surface area (Å²) in [6.07, 6.45) is 1.68. The number of urea groups is 1. The number of carbonyl (C=O) groups is 3. The van der Waals surface area contributed by atoms with Crippen molar-refractivity contribution < 1.29 is 23.5 Å². The number of ether oxygens (including phenoxy) is 1. The summed E-state index contributed by atoms with van der Waals surface area (Å²) in [5.74, 6) is -0.746. The fraction of sp³-hybridized carbons (Fsp3) is 0.350. The highest BCUT2D eigenvalue weighted by molar-refractivity contribution is 6.13. The minimum atomic E-state index is -0.621. The summed E-state index contributed by atoms with van der Waals surface area (Å²) in [4.78, 5) is 37.5. The SMILES string of the molecule is COC(=O)c1ccc(CN2C(=O)N/C(=C\c3cc(C)n(C(C)C)c3C)C2=O)o1. The minimum absolute atomic E-state index is 0.0152. The fourth-order valence-corrected chi connectivity index (χ4v) is 3.44. The number of hydrogen-bond donors (Lipinski definition) is 1. The normalized spacial score (nSPS) is 15.6. The second kappa shape index (κ2) is 7.38. The van der Waals surface area contributed by atoms with E-state index >= 15 is 0 Å². The number of furan rings is 1. The molecule has 3 amide bonds. The standard InChI is InChI=1S/C20H23N3O5/c1-11(2)23-12(3)8-14(13(23)4)9-16-18(24)22(20(26)21-16)10-15-6-7-17(28-15)19(25)27-5/h6-9,11H,10H2,1-5H3,(H,21,26)/b16-9-. The first-order chi connectivity index (χ1) is 13.2. The molecule has 2 aromatic heterocycles. The zero-order valence-corrected chi connectivity index (χ0v) is 16.5. The number of nitrogens with zero attached hydrogens (tertiary/aromatic N) is 2. The first kappa shape index (κ1) is 19.5. The molecule has 2 aromatic rings. The van der Waals surface area contributed by atoms with Crippen LogP contribution >= 0.6 is 0 Å². The molecule has 3 rings (SSSR count). The third kappa shape index (κ3) is 3.45. The van der Waals surface area contributed by atoms with E-state index in [9.17, 15) is 14.4 Å². The van der Waals surface area contributed by atoms with Crippen molar-refractivity contribution in [3.8, 4) is 0 Å². The van der Waals surface area contributed by atoms with Gasteiger partial charge in [-0.05, 0) is 57.5 Å². The lowest BCUT2D eigenvalue weighted by Gasteiger charge is -2.13. The van der Waals surface area contributed by atoms with Crippen LogP contribution in [0.3, 0.4) is 0 Å². The van der Waals surface area contributed by atoms with Crippen LogP contribution in [0, 0.1) is 13.8 Å². The van der Waals surface area contributed by atoms with Crippen LogP contribution in [-0.4, -0.2) is 34.5 Å². The molecule has 0 bridgehead atoms. The molecule has 0 aromatic carbocycles. The molecule has 148 valence electrons. The van der Waals surface area contributed by atoms with Crippen LogP contribution in [0.1, 0.15) is 53.2 Å². The Morgan fingerprint density at radius 2 is 2.00 bits per heavy atom. The number of methoxy groups -OCH3 is 1. The maximum atomic E-state index is 12.7. The number of amides is 3. The lowest BCUT2D eigenvalue weighted by atomic mass is 10.2. The monoisotopic (exact) mass is 385 g/mol. The molecule has 0 unspecified atom stereocenters. The van der Waals surface area contributed by atoms with Gasteiger partial charge in [0, 0.05) is 17.4 Å². The van der Waals surface area contributed by atoms with Crippen LogP contribution in [0.15, 0.2) is 28.3 Å². The van der Waals surface area contributed by atoms with Gasteiger partial charge in [-0.1, -0.05) is 0 Å². The van der Waals surface area contributed by atoms with Gasteiger partial charge in [0.15, 0.2) is 0 Å². The van der Waals surface area contributed by atoms with Crippen LogP contribution in [0.25, 0.3) is 6.08 Å². The topological polar surface area (TPSA) is 93.8 Å². The van der Waals surface area contributed by atoms with Gasteiger partial charge in [-0.25, -0.2) is 9.59 Å². The van der Waals surface area contributed by atoms with Gasteiger partial charge in [0.25, 0.3) is 5.91 Å². The number of hydrogen-bond acceptors (Lipinski definition) is 5. The lowest BCUT2D eigenvalue weighted by molar-refractivity contribution is -0.123. The molecule has 8 nitrogen and oxygen atoms in total. The average Bonchev–Trinajstić information content (AvgIpc) is 3.28. The lowest BCUT2D eigenvalue weighted by Crippen LogP contribution is -2.30. The zero-order valence-electron chi connectivity index (χ0n) is 16.5. The Morgan fingerprint density at radius 1 is 1.29 bits per heavy atom. The molecule has 1 aliphatic rings. The molecule has 1 fully saturated rings. The second-order valence-corrected chi connectivity index (χ2v) is 6.93. The predicted molar refractivity (Wildman–Crippen MR) is 101 cm³/mol. The van der Waals surface area contributed by atoms with Crippen LogP contribution in [0.4, 0.5) is 4.79 Å². The van der Waals surface area contributed by atoms with Crippen molar-refractivity contribution in [2.45, 2.75) is 40.3 Å². The first-order valence-corrected chi connectivity index (χ1v) is 8.93. The molecular weight excluding hydrogens is 362 g/mol. The summed E-state index contributed by atoms with van der Waals surface area (Å²) < 4.78 is 12.1. The first-order valence-electron chi connectivity index (χ1n) is 8.93. The molecule has 0 atom stereocenters. The quantitative estimate of drug-likeness (QED) is 0.485. The van der Waals surface area contributed by atoms with E-state index in [4.69, 9.17) is 4.42 Å². The summed E-state index contributed by atoms with van der Waals surface area (Å²) in [7, 11) is 1.25. The van der Waals surface area contributed by atoms with Crippen LogP contribution < -0.4 is 5.32 Å². The number of aryl methyl sites for hydroxylation is 1. The van der Waals surface area contributed by atoms with Gasteiger partial charge in [-0.15, -0.1) is 0 Å². The zero-order chi connectivity index (χ0) is 20.6. The Hall–Kier alpha value is -3.29. The van der Waals surface area contributed by atoms with Crippen molar-refractivity contribution >= 4 is 24.0 Å². The van der Waals surface area contributed by atoms with Crippen LogP contribution in [0.5, 0.6) is 0 Å². The van der Waals surface area contributed by atoms with Crippen molar-refractivity contribution in [1.29, 1.82) is 0 Å². The molecular formula is C20H23N3O5. The third-order valence-electron chi connectivity index (χ3n) is 4.66. The van der Waals surface area contributed by atoms with Crippen molar-refractivity contribution in [3.63, 3.8) is 0 Å². The average molecular weight is 385 g/mol. The highest BCUT2D eigenvalue weighted by Crippen LogP contribution is 2.24. The van der Waals surface area contributed by atoms with Crippen LogP contribution in [-0.2, 0) is 16.1 Å². The van der Waals surface area contributed by atoms with E-state index < -0.39 is 17.9 Å². The third-order valence-corrected chi connectivity index (χ3v) is 4.66. The largest absolute Gasteiger partial charge is 0.463 e. The van der Waals surface area contributed by atoms with Crippen LogP contribution in [0.2, 0.25) is 0 Å². The number of aromatic nitrogens is 1. The maximum absolute atomic E-state index is 12.7. The summed E-state index contributed by atoms with van der Waals surface area (Å²) >= 11 is 0. The Bertz CT molecular complexity index is 980. The maximum Gasteiger partial charge on any atom is 0.373 e. The van der Waals surface area contributed by atoms with E-state index in [1.165, 1.54) is 19.2 Å². The predicted octanol–water partition coefficient (Wildman–Crippen LogP) is 3.16. The Morgan fingerprint density at radius 3 is 2.61 bits per heavy atom.